The lowest BCUT2D eigenvalue weighted by Crippen LogP contribution is -2.30. The standard InChI is InChI=1S/C25H22FNO5/c1-13-6-5-7-18(15(13)3)27-22(20-10-8-14(2)32-20)21(24(29)25(27)30)23(28)17-12-16(26)9-11-19(17)31-4/h5-12,22,28H,1-4H3/b23-21-. The molecule has 0 radical (unpaired) electrons. The molecule has 1 aromatic heterocycles. The second-order valence-corrected chi connectivity index (χ2v) is 7.68. The van der Waals surface area contributed by atoms with Crippen molar-refractivity contribution in [3.05, 3.63) is 88.1 Å². The number of benzene rings is 2. The molecule has 2 heterocycles. The van der Waals surface area contributed by atoms with Crippen LogP contribution in [0, 0.1) is 26.6 Å². The Kier molecular flexibility index (Phi) is 5.34. The van der Waals surface area contributed by atoms with E-state index in [4.69, 9.17) is 9.15 Å². The molecule has 1 amide bonds. The van der Waals surface area contributed by atoms with Crippen LogP contribution in [0.2, 0.25) is 0 Å². The zero-order valence-corrected chi connectivity index (χ0v) is 18.1. The number of carbonyl (C=O) groups is 2. The predicted octanol–water partition coefficient (Wildman–Crippen LogP) is 4.98. The second-order valence-electron chi connectivity index (χ2n) is 7.68. The lowest BCUT2D eigenvalue weighted by molar-refractivity contribution is -0.132. The fourth-order valence-corrected chi connectivity index (χ4v) is 3.96. The number of ketones is 1. The number of hydrogen-bond donors (Lipinski definition) is 1. The van der Waals surface area contributed by atoms with Gasteiger partial charge in [-0.1, -0.05) is 12.1 Å². The minimum Gasteiger partial charge on any atom is -0.507 e. The molecule has 1 aliphatic rings. The number of anilines is 1. The van der Waals surface area contributed by atoms with Gasteiger partial charge in [0.2, 0.25) is 0 Å². The summed E-state index contributed by atoms with van der Waals surface area (Å²) < 4.78 is 25.0. The highest BCUT2D eigenvalue weighted by Gasteiger charge is 2.49. The highest BCUT2D eigenvalue weighted by molar-refractivity contribution is 6.51. The van der Waals surface area contributed by atoms with Crippen LogP contribution in [0.1, 0.15) is 34.3 Å². The van der Waals surface area contributed by atoms with Crippen molar-refractivity contribution in [2.75, 3.05) is 12.0 Å². The normalized spacial score (nSPS) is 17.8. The summed E-state index contributed by atoms with van der Waals surface area (Å²) in [5, 5.41) is 11.2. The summed E-state index contributed by atoms with van der Waals surface area (Å²) in [7, 11) is 1.37. The lowest BCUT2D eigenvalue weighted by atomic mass is 9.98. The Labute approximate surface area is 184 Å². The van der Waals surface area contributed by atoms with Gasteiger partial charge in [-0.3, -0.25) is 14.5 Å². The Morgan fingerprint density at radius 1 is 1.09 bits per heavy atom. The second kappa shape index (κ2) is 8.00. The molecule has 1 fully saturated rings. The van der Waals surface area contributed by atoms with Crippen molar-refractivity contribution in [1.29, 1.82) is 0 Å². The molecule has 164 valence electrons. The number of rotatable bonds is 4. The van der Waals surface area contributed by atoms with Crippen molar-refractivity contribution in [3.8, 4) is 5.75 Å². The van der Waals surface area contributed by atoms with E-state index in [9.17, 15) is 19.1 Å². The van der Waals surface area contributed by atoms with Gasteiger partial charge in [-0.25, -0.2) is 4.39 Å². The third-order valence-electron chi connectivity index (χ3n) is 5.73. The fraction of sp³-hybridized carbons (Fsp3) is 0.200. The Morgan fingerprint density at radius 3 is 2.50 bits per heavy atom. The molecule has 1 unspecified atom stereocenters. The molecule has 4 rings (SSSR count). The maximum Gasteiger partial charge on any atom is 0.300 e. The van der Waals surface area contributed by atoms with E-state index in [1.807, 2.05) is 19.9 Å². The molecule has 1 atom stereocenters. The topological polar surface area (TPSA) is 80.0 Å². The minimum absolute atomic E-state index is 0.0280. The van der Waals surface area contributed by atoms with Gasteiger partial charge in [-0.2, -0.15) is 0 Å². The molecule has 0 saturated carbocycles. The number of carbonyl (C=O) groups excluding carboxylic acids is 2. The largest absolute Gasteiger partial charge is 0.507 e. The Hall–Kier alpha value is -3.87. The number of ether oxygens (including phenoxy) is 1. The van der Waals surface area contributed by atoms with Gasteiger partial charge >= 0.3 is 0 Å². The van der Waals surface area contributed by atoms with Crippen molar-refractivity contribution < 1.29 is 28.2 Å². The number of aliphatic hydroxyl groups excluding tert-OH is 1. The highest BCUT2D eigenvalue weighted by atomic mass is 19.1. The zero-order chi connectivity index (χ0) is 23.2. The van der Waals surface area contributed by atoms with Crippen molar-refractivity contribution in [3.63, 3.8) is 0 Å². The van der Waals surface area contributed by atoms with Gasteiger partial charge in [0, 0.05) is 5.69 Å². The summed E-state index contributed by atoms with van der Waals surface area (Å²) in [6.45, 7) is 5.49. The maximum absolute atomic E-state index is 14.0. The number of halogens is 1. The van der Waals surface area contributed by atoms with Crippen LogP contribution in [0.4, 0.5) is 10.1 Å². The SMILES string of the molecule is COc1ccc(F)cc1/C(O)=C1/C(=O)C(=O)N(c2cccc(C)c2C)C1c1ccc(C)o1. The first kappa shape index (κ1) is 21.4. The van der Waals surface area contributed by atoms with E-state index in [1.165, 1.54) is 24.1 Å². The monoisotopic (exact) mass is 435 g/mol. The van der Waals surface area contributed by atoms with Crippen molar-refractivity contribution >= 4 is 23.1 Å². The van der Waals surface area contributed by atoms with Crippen LogP contribution in [0.15, 0.2) is 58.5 Å². The van der Waals surface area contributed by atoms with Crippen LogP contribution in [0.3, 0.4) is 0 Å². The van der Waals surface area contributed by atoms with Gasteiger partial charge in [0.05, 0.1) is 18.2 Å². The van der Waals surface area contributed by atoms with Crippen LogP contribution >= 0.6 is 0 Å². The molecule has 0 bridgehead atoms. The van der Waals surface area contributed by atoms with Gasteiger partial charge in [0.15, 0.2) is 0 Å². The molecule has 0 aliphatic carbocycles. The number of aryl methyl sites for hydroxylation is 2. The number of methoxy groups -OCH3 is 1. The summed E-state index contributed by atoms with van der Waals surface area (Å²) in [6, 6.07) is 11.3. The first-order valence-corrected chi connectivity index (χ1v) is 10.0. The fourth-order valence-electron chi connectivity index (χ4n) is 3.96. The van der Waals surface area contributed by atoms with E-state index in [2.05, 4.69) is 0 Å². The molecule has 6 nitrogen and oxygen atoms in total. The van der Waals surface area contributed by atoms with E-state index in [-0.39, 0.29) is 16.9 Å². The molecule has 0 spiro atoms. The third kappa shape index (κ3) is 3.36. The Morgan fingerprint density at radius 2 is 1.84 bits per heavy atom. The first-order valence-electron chi connectivity index (χ1n) is 10.0. The summed E-state index contributed by atoms with van der Waals surface area (Å²) in [5.74, 6) is -1.82. The molecule has 7 heteroatoms. The number of Topliss-reactive ketones (excluding diaryl/α,β-unsaturated/α-hetero) is 1. The van der Waals surface area contributed by atoms with Gasteiger partial charge in [0.1, 0.15) is 34.9 Å². The summed E-state index contributed by atoms with van der Waals surface area (Å²) in [5.41, 5.74) is 2.04. The Balaban J connectivity index is 2.01. The van der Waals surface area contributed by atoms with E-state index in [0.717, 1.165) is 17.2 Å². The third-order valence-corrected chi connectivity index (χ3v) is 5.73. The summed E-state index contributed by atoms with van der Waals surface area (Å²) in [4.78, 5) is 27.7. The van der Waals surface area contributed by atoms with Crippen molar-refractivity contribution in [2.45, 2.75) is 26.8 Å². The van der Waals surface area contributed by atoms with E-state index in [1.54, 1.807) is 31.2 Å². The summed E-state index contributed by atoms with van der Waals surface area (Å²) in [6.07, 6.45) is 0. The molecule has 1 saturated heterocycles. The van der Waals surface area contributed by atoms with Gasteiger partial charge in [-0.15, -0.1) is 0 Å². The molecule has 3 aromatic rings. The summed E-state index contributed by atoms with van der Waals surface area (Å²) >= 11 is 0. The van der Waals surface area contributed by atoms with Crippen LogP contribution in [-0.2, 0) is 9.59 Å². The molecule has 1 aliphatic heterocycles. The van der Waals surface area contributed by atoms with Gasteiger partial charge in [0.25, 0.3) is 11.7 Å². The number of furan rings is 1. The van der Waals surface area contributed by atoms with Gasteiger partial charge in [-0.05, 0) is 68.3 Å². The Bertz CT molecular complexity index is 1270. The van der Waals surface area contributed by atoms with Crippen molar-refractivity contribution in [2.24, 2.45) is 0 Å². The van der Waals surface area contributed by atoms with Crippen LogP contribution < -0.4 is 9.64 Å². The molecule has 2 aromatic carbocycles. The van der Waals surface area contributed by atoms with E-state index < -0.39 is 29.3 Å². The van der Waals surface area contributed by atoms with E-state index >= 15 is 0 Å². The average Bonchev–Trinajstić information content (AvgIpc) is 3.31. The molecular formula is C25H22FNO5. The maximum atomic E-state index is 14.0. The number of nitrogens with zero attached hydrogens (tertiary/aromatic N) is 1. The quantitative estimate of drug-likeness (QED) is 0.355. The number of hydrogen-bond acceptors (Lipinski definition) is 5. The highest BCUT2D eigenvalue weighted by Crippen LogP contribution is 2.44. The van der Waals surface area contributed by atoms with Crippen molar-refractivity contribution in [1.82, 2.24) is 0 Å². The van der Waals surface area contributed by atoms with Crippen LogP contribution in [-0.4, -0.2) is 23.9 Å². The number of amides is 1. The average molecular weight is 435 g/mol. The molecular weight excluding hydrogens is 413 g/mol. The van der Waals surface area contributed by atoms with Crippen LogP contribution in [0.5, 0.6) is 5.75 Å². The smallest absolute Gasteiger partial charge is 0.300 e. The predicted molar refractivity (Wildman–Crippen MR) is 117 cm³/mol. The van der Waals surface area contributed by atoms with Crippen LogP contribution in [0.25, 0.3) is 5.76 Å². The molecule has 32 heavy (non-hydrogen) atoms. The molecule has 1 N–H and O–H groups in total. The van der Waals surface area contributed by atoms with E-state index in [0.29, 0.717) is 17.2 Å². The minimum atomic E-state index is -1.03. The number of aliphatic hydroxyl groups is 1. The first-order chi connectivity index (χ1) is 15.2. The zero-order valence-electron chi connectivity index (χ0n) is 18.1. The van der Waals surface area contributed by atoms with Gasteiger partial charge < -0.3 is 14.3 Å². The lowest BCUT2D eigenvalue weighted by Gasteiger charge is -2.25.